The van der Waals surface area contributed by atoms with Crippen LogP contribution in [0.15, 0.2) is 30.3 Å². The van der Waals surface area contributed by atoms with Crippen LogP contribution in [-0.2, 0) is 4.79 Å². The van der Waals surface area contributed by atoms with Crippen LogP contribution in [0.25, 0.3) is 6.08 Å². The summed E-state index contributed by atoms with van der Waals surface area (Å²) >= 11 is 0. The largest absolute Gasteiger partial charge is 0.326 e. The maximum Gasteiger partial charge on any atom is 0.221 e. The van der Waals surface area contributed by atoms with E-state index in [1.807, 2.05) is 31.3 Å². The Morgan fingerprint density at radius 2 is 2.25 bits per heavy atom. The molecular formula is C13H18N2O. The van der Waals surface area contributed by atoms with Gasteiger partial charge in [-0.2, -0.15) is 0 Å². The van der Waals surface area contributed by atoms with Crippen molar-refractivity contribution in [3.8, 4) is 0 Å². The number of carbonyl (C=O) groups is 1. The molecular weight excluding hydrogens is 200 g/mol. The molecule has 0 aliphatic heterocycles. The standard InChI is InChI=1S/C13H18N2O/c1-11(16)15-13-8-5-7-12(10-13)6-3-4-9-14-2/h3,5-8,10,14H,4,9H2,1-2H3,(H,15,16). The lowest BCUT2D eigenvalue weighted by Crippen LogP contribution is -2.06. The zero-order valence-electron chi connectivity index (χ0n) is 9.79. The molecule has 0 fully saturated rings. The van der Waals surface area contributed by atoms with E-state index in [0.29, 0.717) is 0 Å². The van der Waals surface area contributed by atoms with Gasteiger partial charge in [0.15, 0.2) is 0 Å². The average Bonchev–Trinajstić information content (AvgIpc) is 2.24. The first-order valence-electron chi connectivity index (χ1n) is 5.41. The van der Waals surface area contributed by atoms with Crippen molar-refractivity contribution in [1.82, 2.24) is 5.32 Å². The first kappa shape index (κ1) is 12.5. The molecule has 1 aromatic carbocycles. The Balaban J connectivity index is 2.59. The molecule has 0 aromatic heterocycles. The molecule has 3 nitrogen and oxygen atoms in total. The normalized spacial score (nSPS) is 10.6. The van der Waals surface area contributed by atoms with Crippen molar-refractivity contribution in [1.29, 1.82) is 0 Å². The van der Waals surface area contributed by atoms with Gasteiger partial charge in [0.05, 0.1) is 0 Å². The molecule has 2 N–H and O–H groups in total. The second-order valence-electron chi connectivity index (χ2n) is 3.60. The van der Waals surface area contributed by atoms with Crippen LogP contribution in [0.2, 0.25) is 0 Å². The highest BCUT2D eigenvalue weighted by Gasteiger charge is 1.94. The summed E-state index contributed by atoms with van der Waals surface area (Å²) < 4.78 is 0. The van der Waals surface area contributed by atoms with Gasteiger partial charge in [-0.25, -0.2) is 0 Å². The van der Waals surface area contributed by atoms with E-state index in [0.717, 1.165) is 24.2 Å². The third-order valence-electron chi connectivity index (χ3n) is 2.08. The van der Waals surface area contributed by atoms with Gasteiger partial charge in [0.25, 0.3) is 0 Å². The Hall–Kier alpha value is -1.61. The molecule has 0 spiro atoms. The molecule has 1 aromatic rings. The Morgan fingerprint density at radius 3 is 2.94 bits per heavy atom. The summed E-state index contributed by atoms with van der Waals surface area (Å²) in [5.74, 6) is -0.0451. The summed E-state index contributed by atoms with van der Waals surface area (Å²) in [6.45, 7) is 2.48. The summed E-state index contributed by atoms with van der Waals surface area (Å²) in [5.41, 5.74) is 1.94. The van der Waals surface area contributed by atoms with Crippen LogP contribution < -0.4 is 10.6 Å². The van der Waals surface area contributed by atoms with Crippen LogP contribution in [0.4, 0.5) is 5.69 Å². The molecule has 0 aliphatic carbocycles. The van der Waals surface area contributed by atoms with Gasteiger partial charge < -0.3 is 10.6 Å². The minimum atomic E-state index is -0.0451. The van der Waals surface area contributed by atoms with Gasteiger partial charge in [0, 0.05) is 12.6 Å². The summed E-state index contributed by atoms with van der Waals surface area (Å²) in [5, 5.41) is 5.84. The fraction of sp³-hybridized carbons (Fsp3) is 0.308. The summed E-state index contributed by atoms with van der Waals surface area (Å²) in [7, 11) is 1.94. The number of anilines is 1. The molecule has 0 radical (unpaired) electrons. The van der Waals surface area contributed by atoms with E-state index >= 15 is 0 Å². The molecule has 0 heterocycles. The van der Waals surface area contributed by atoms with Gasteiger partial charge in [-0.3, -0.25) is 4.79 Å². The number of hydrogen-bond donors (Lipinski definition) is 2. The van der Waals surface area contributed by atoms with Crippen molar-refractivity contribution in [3.05, 3.63) is 35.9 Å². The highest BCUT2D eigenvalue weighted by atomic mass is 16.1. The monoisotopic (exact) mass is 218 g/mol. The molecule has 0 aliphatic rings. The van der Waals surface area contributed by atoms with E-state index in [2.05, 4.69) is 22.8 Å². The van der Waals surface area contributed by atoms with E-state index in [4.69, 9.17) is 0 Å². The van der Waals surface area contributed by atoms with Gasteiger partial charge in [-0.15, -0.1) is 0 Å². The second kappa shape index (κ2) is 6.80. The second-order valence-corrected chi connectivity index (χ2v) is 3.60. The van der Waals surface area contributed by atoms with E-state index in [-0.39, 0.29) is 5.91 Å². The minimum Gasteiger partial charge on any atom is -0.326 e. The molecule has 0 saturated heterocycles. The van der Waals surface area contributed by atoms with E-state index in [1.165, 1.54) is 6.92 Å². The van der Waals surface area contributed by atoms with Crippen LogP contribution in [0.3, 0.4) is 0 Å². The highest BCUT2D eigenvalue weighted by molar-refractivity contribution is 5.88. The van der Waals surface area contributed by atoms with Gasteiger partial charge in [-0.1, -0.05) is 24.3 Å². The van der Waals surface area contributed by atoms with Crippen LogP contribution in [0, 0.1) is 0 Å². The molecule has 86 valence electrons. The molecule has 0 unspecified atom stereocenters. The average molecular weight is 218 g/mol. The fourth-order valence-electron chi connectivity index (χ4n) is 1.37. The lowest BCUT2D eigenvalue weighted by Gasteiger charge is -2.02. The van der Waals surface area contributed by atoms with Gasteiger partial charge in [-0.05, 0) is 37.7 Å². The van der Waals surface area contributed by atoms with Gasteiger partial charge >= 0.3 is 0 Å². The van der Waals surface area contributed by atoms with Crippen LogP contribution in [-0.4, -0.2) is 19.5 Å². The first-order chi connectivity index (χ1) is 7.72. The molecule has 16 heavy (non-hydrogen) atoms. The number of amides is 1. The highest BCUT2D eigenvalue weighted by Crippen LogP contribution is 2.12. The zero-order chi connectivity index (χ0) is 11.8. The van der Waals surface area contributed by atoms with Crippen molar-refractivity contribution in [3.63, 3.8) is 0 Å². The Labute approximate surface area is 96.6 Å². The molecule has 0 bridgehead atoms. The van der Waals surface area contributed by atoms with Crippen molar-refractivity contribution in [2.75, 3.05) is 18.9 Å². The van der Waals surface area contributed by atoms with E-state index in [1.54, 1.807) is 0 Å². The van der Waals surface area contributed by atoms with Gasteiger partial charge in [0.1, 0.15) is 0 Å². The van der Waals surface area contributed by atoms with Crippen LogP contribution in [0.5, 0.6) is 0 Å². The molecule has 1 amide bonds. The van der Waals surface area contributed by atoms with Crippen LogP contribution >= 0.6 is 0 Å². The molecule has 0 atom stereocenters. The SMILES string of the molecule is CNCCC=Cc1cccc(NC(C)=O)c1. The van der Waals surface area contributed by atoms with Crippen molar-refractivity contribution >= 4 is 17.7 Å². The number of carbonyl (C=O) groups excluding carboxylic acids is 1. The number of rotatable bonds is 5. The smallest absolute Gasteiger partial charge is 0.221 e. The fourth-order valence-corrected chi connectivity index (χ4v) is 1.37. The number of hydrogen-bond acceptors (Lipinski definition) is 2. The van der Waals surface area contributed by atoms with Crippen molar-refractivity contribution in [2.24, 2.45) is 0 Å². The van der Waals surface area contributed by atoms with E-state index in [9.17, 15) is 4.79 Å². The topological polar surface area (TPSA) is 41.1 Å². The van der Waals surface area contributed by atoms with Crippen molar-refractivity contribution < 1.29 is 4.79 Å². The Morgan fingerprint density at radius 1 is 1.44 bits per heavy atom. The predicted molar refractivity (Wildman–Crippen MR) is 68.3 cm³/mol. The zero-order valence-corrected chi connectivity index (χ0v) is 9.79. The van der Waals surface area contributed by atoms with Gasteiger partial charge in [0.2, 0.25) is 5.91 Å². The van der Waals surface area contributed by atoms with Crippen molar-refractivity contribution in [2.45, 2.75) is 13.3 Å². The lowest BCUT2D eigenvalue weighted by molar-refractivity contribution is -0.114. The van der Waals surface area contributed by atoms with E-state index < -0.39 is 0 Å². The number of nitrogens with one attached hydrogen (secondary N) is 2. The third kappa shape index (κ3) is 4.75. The summed E-state index contributed by atoms with van der Waals surface area (Å²) in [6.07, 6.45) is 5.17. The predicted octanol–water partition coefficient (Wildman–Crippen LogP) is 2.27. The molecule has 3 heteroatoms. The Bertz CT molecular complexity index is 372. The summed E-state index contributed by atoms with van der Waals surface area (Å²) in [6, 6.07) is 7.79. The summed E-state index contributed by atoms with van der Waals surface area (Å²) in [4.78, 5) is 10.9. The molecule has 0 saturated carbocycles. The first-order valence-corrected chi connectivity index (χ1v) is 5.41. The lowest BCUT2D eigenvalue weighted by atomic mass is 10.1. The third-order valence-corrected chi connectivity index (χ3v) is 2.08. The quantitative estimate of drug-likeness (QED) is 0.744. The minimum absolute atomic E-state index is 0.0451. The number of benzene rings is 1. The molecule has 1 rings (SSSR count). The van der Waals surface area contributed by atoms with Crippen LogP contribution in [0.1, 0.15) is 18.9 Å². The Kier molecular flexibility index (Phi) is 5.29. The maximum atomic E-state index is 10.9. The maximum absolute atomic E-state index is 10.9.